The van der Waals surface area contributed by atoms with E-state index in [0.717, 1.165) is 5.56 Å². The molecule has 22 nitrogen and oxygen atoms in total. The summed E-state index contributed by atoms with van der Waals surface area (Å²) in [7, 11) is 0. The maximum absolute atomic E-state index is 13.7. The Morgan fingerprint density at radius 1 is 0.806 bits per heavy atom. The number of aliphatic imine (C=N–C) groups is 1. The minimum Gasteiger partial charge on any atom is -0.481 e. The lowest BCUT2D eigenvalue weighted by molar-refractivity contribution is -0.141. The minimum atomic E-state index is -1.57. The highest BCUT2D eigenvalue weighted by Gasteiger charge is 2.33. The quantitative estimate of drug-likeness (QED) is 0.0147. The fourth-order valence-electron chi connectivity index (χ4n) is 7.00. The predicted octanol–water partition coefficient (Wildman–Crippen LogP) is 1.04. The first-order valence-corrected chi connectivity index (χ1v) is 22.5. The van der Waals surface area contributed by atoms with Crippen molar-refractivity contribution in [3.63, 3.8) is 0 Å². The van der Waals surface area contributed by atoms with Gasteiger partial charge in [-0.2, -0.15) is 17.6 Å². The highest BCUT2D eigenvalue weighted by atomic mass is 32.1. The number of nitrogens with two attached hydrogens (primary N) is 3. The van der Waals surface area contributed by atoms with Gasteiger partial charge in [0.05, 0.1) is 36.8 Å². The Morgan fingerprint density at radius 2 is 1.42 bits per heavy atom. The van der Waals surface area contributed by atoms with Crippen LogP contribution in [0.3, 0.4) is 0 Å². The fourth-order valence-corrected chi connectivity index (χ4v) is 7.09. The molecule has 0 radical (unpaired) electrons. The Labute approximate surface area is 391 Å². The van der Waals surface area contributed by atoms with Crippen molar-refractivity contribution < 1.29 is 48.6 Å². The van der Waals surface area contributed by atoms with Crippen LogP contribution in [0.2, 0.25) is 0 Å². The summed E-state index contributed by atoms with van der Waals surface area (Å²) in [4.78, 5) is 134. The number of benzene rings is 1. The number of aliphatic carboxylic acids is 2. The van der Waals surface area contributed by atoms with Gasteiger partial charge in [0.15, 0.2) is 34.5 Å². The zero-order valence-electron chi connectivity index (χ0n) is 37.8. The monoisotopic (exact) mass is 951 g/mol. The van der Waals surface area contributed by atoms with Crippen LogP contribution in [0.15, 0.2) is 40.2 Å². The molecule has 0 bridgehead atoms. The third-order valence-electron chi connectivity index (χ3n) is 10.8. The maximum Gasteiger partial charge on any atom is 0.305 e. The van der Waals surface area contributed by atoms with Gasteiger partial charge in [-0.1, -0.05) is 38.1 Å². The molecule has 0 saturated heterocycles. The highest BCUT2D eigenvalue weighted by molar-refractivity contribution is 7.80. The number of guanidine groups is 1. The number of ketones is 3. The van der Waals surface area contributed by atoms with Crippen molar-refractivity contribution in [1.29, 1.82) is 0 Å². The van der Waals surface area contributed by atoms with E-state index in [1.165, 1.54) is 6.20 Å². The van der Waals surface area contributed by atoms with E-state index in [9.17, 15) is 53.4 Å². The number of hydrogen-bond donors (Lipinski definition) is 10. The number of carbonyl (C=O) groups is 8. The molecular weight excluding hydrogens is 891 g/mol. The van der Waals surface area contributed by atoms with Gasteiger partial charge in [-0.05, 0) is 56.9 Å². The van der Waals surface area contributed by atoms with Crippen LogP contribution in [-0.2, 0) is 46.4 Å². The van der Waals surface area contributed by atoms with Gasteiger partial charge in [0, 0.05) is 61.4 Å². The number of carboxylic acids is 2. The second-order valence-electron chi connectivity index (χ2n) is 16.5. The van der Waals surface area contributed by atoms with E-state index in [2.05, 4.69) is 53.5 Å². The molecule has 67 heavy (non-hydrogen) atoms. The summed E-state index contributed by atoms with van der Waals surface area (Å²) in [6, 6.07) is 3.57. The predicted molar refractivity (Wildman–Crippen MR) is 250 cm³/mol. The van der Waals surface area contributed by atoms with Crippen molar-refractivity contribution in [3.8, 4) is 0 Å². The van der Waals surface area contributed by atoms with E-state index in [1.807, 2.05) is 0 Å². The number of nitrogen functional groups attached to an aromatic ring is 1. The number of nitrogens with one attached hydrogen (secondary N) is 4. The Kier molecular flexibility index (Phi) is 22.0. The summed E-state index contributed by atoms with van der Waals surface area (Å²) >= 11 is 4.14. The molecule has 0 aliphatic rings. The maximum atomic E-state index is 13.7. The first-order chi connectivity index (χ1) is 31.7. The molecule has 3 rings (SSSR count). The molecule has 0 unspecified atom stereocenters. The van der Waals surface area contributed by atoms with Gasteiger partial charge in [-0.3, -0.25) is 53.1 Å². The molecule has 3 aromatic rings. The molecule has 0 aliphatic heterocycles. The first kappa shape index (κ1) is 54.6. The lowest BCUT2D eigenvalue weighted by Crippen LogP contribution is -2.48. The number of H-pyrrole nitrogens is 1. The van der Waals surface area contributed by atoms with Crippen LogP contribution in [-0.4, -0.2) is 114 Å². The van der Waals surface area contributed by atoms with Crippen LogP contribution in [0.1, 0.15) is 107 Å². The highest BCUT2D eigenvalue weighted by Crippen LogP contribution is 2.20. The number of rotatable bonds is 30. The number of carboxylic acid groups (broad SMARTS) is 2. The van der Waals surface area contributed by atoms with Crippen molar-refractivity contribution >= 4 is 82.7 Å². The van der Waals surface area contributed by atoms with Crippen LogP contribution in [0, 0.1) is 17.8 Å². The van der Waals surface area contributed by atoms with Crippen LogP contribution in [0.5, 0.6) is 0 Å². The third-order valence-corrected chi connectivity index (χ3v) is 11.4. The van der Waals surface area contributed by atoms with Crippen LogP contribution < -0.4 is 38.7 Å². The Hall–Kier alpha value is -6.78. The fraction of sp³-hybridized carbons (Fsp3) is 0.523. The number of thiol groups is 1. The Balaban J connectivity index is 1.62. The molecule has 3 amide bonds. The number of Topliss-reactive ketones (excluding diaryl/α,β-unsaturated/α-hetero) is 3. The number of carbonyl (C=O) groups excluding carboxylic acids is 6. The van der Waals surface area contributed by atoms with Gasteiger partial charge in [0.25, 0.3) is 5.56 Å². The summed E-state index contributed by atoms with van der Waals surface area (Å²) in [5.41, 5.74) is 18.1. The van der Waals surface area contributed by atoms with Crippen LogP contribution in [0.25, 0.3) is 11.2 Å². The molecule has 2 heterocycles. The van der Waals surface area contributed by atoms with E-state index >= 15 is 0 Å². The van der Waals surface area contributed by atoms with Crippen molar-refractivity contribution in [3.05, 3.63) is 57.6 Å². The van der Waals surface area contributed by atoms with E-state index in [4.69, 9.17) is 17.2 Å². The van der Waals surface area contributed by atoms with E-state index in [1.54, 1.807) is 45.0 Å². The van der Waals surface area contributed by atoms with Gasteiger partial charge in [-0.25, -0.2) is 9.97 Å². The summed E-state index contributed by atoms with van der Waals surface area (Å²) in [6.07, 6.45) is 0.409. The van der Waals surface area contributed by atoms with E-state index in [0.29, 0.717) is 29.9 Å². The number of nitrogens with zero attached hydrogens (tertiary/aromatic N) is 4. The minimum absolute atomic E-state index is 0.0418. The first-order valence-electron chi connectivity index (χ1n) is 21.9. The molecule has 364 valence electrons. The zero-order chi connectivity index (χ0) is 49.8. The van der Waals surface area contributed by atoms with Crippen LogP contribution in [0.4, 0.5) is 5.95 Å². The van der Waals surface area contributed by atoms with E-state index < -0.39 is 90.0 Å². The second-order valence-corrected chi connectivity index (χ2v) is 16.9. The number of amides is 3. The largest absolute Gasteiger partial charge is 0.481 e. The SMILES string of the molecule is CC[C@H](CC(=O)[C@H](CC(=O)O)NC(=O)[C@@H](CCCN=C(N)N)CC(=O)[C@@H](CC(=O)O)NC(=O)CC[C@H](C)CC(=O)c1ccc(CCc2cnc3nc(N)[nH]c(=O)c3n2)cc1)C(=O)N[C@H](C)CS. The van der Waals surface area contributed by atoms with Crippen molar-refractivity contribution in [2.24, 2.45) is 34.2 Å². The van der Waals surface area contributed by atoms with E-state index in [-0.39, 0.29) is 92.3 Å². The standard InChI is InChI=1S/C44H61N11O11S/c1-4-26(40(64)50-24(3)22-67)17-33(57)31(20-37(62)63)53-41(65)28(6-5-15-48-43(45)46)18-34(58)30(19-36(60)61)52-35(59)14-7-23(2)16-32(56)27-11-8-25(9-12-27)10-13-29-21-49-39-38(51-29)42(66)55-44(47)54-39/h8-9,11-12,21,23-24,26,28,30-31,67H,4-7,10,13-20,22H2,1-3H3,(H,50,64)(H,52,59)(H,53,65)(H,60,61)(H,62,63)(H4,45,46,48)(H3,47,49,54,55,66)/t23-,24+,26+,28-,30+,31-/m0/s1. The number of hydrogen-bond acceptors (Lipinski definition) is 15. The second kappa shape index (κ2) is 27.0. The van der Waals surface area contributed by atoms with Crippen molar-refractivity contribution in [2.75, 3.05) is 18.0 Å². The van der Waals surface area contributed by atoms with Crippen LogP contribution >= 0.6 is 12.6 Å². The summed E-state index contributed by atoms with van der Waals surface area (Å²) in [6.45, 7) is 5.21. The van der Waals surface area contributed by atoms with Gasteiger partial charge >= 0.3 is 11.9 Å². The molecule has 12 N–H and O–H groups in total. The summed E-state index contributed by atoms with van der Waals surface area (Å²) in [5.74, 6) is -8.81. The number of aromatic amines is 1. The Morgan fingerprint density at radius 3 is 2.01 bits per heavy atom. The molecule has 1 aromatic carbocycles. The van der Waals surface area contributed by atoms with Gasteiger partial charge < -0.3 is 43.4 Å². The van der Waals surface area contributed by atoms with Crippen molar-refractivity contribution in [1.82, 2.24) is 35.9 Å². The smallest absolute Gasteiger partial charge is 0.305 e. The molecule has 6 atom stereocenters. The molecule has 0 spiro atoms. The lowest BCUT2D eigenvalue weighted by Gasteiger charge is -2.24. The average Bonchev–Trinajstić information content (AvgIpc) is 3.26. The van der Waals surface area contributed by atoms with Gasteiger partial charge in [0.1, 0.15) is 0 Å². The normalized spacial score (nSPS) is 13.8. The molecule has 23 heteroatoms. The lowest BCUT2D eigenvalue weighted by atomic mass is 9.90. The average molecular weight is 952 g/mol. The number of anilines is 1. The summed E-state index contributed by atoms with van der Waals surface area (Å²) < 4.78 is 0. The Bertz CT molecular complexity index is 2340. The topological polar surface area (TPSA) is 375 Å². The number of fused-ring (bicyclic) bond motifs is 1. The number of aryl methyl sites for hydroxylation is 2. The molecule has 0 aliphatic carbocycles. The summed E-state index contributed by atoms with van der Waals surface area (Å²) in [5, 5.41) is 26.8. The van der Waals surface area contributed by atoms with Gasteiger partial charge in [0.2, 0.25) is 23.7 Å². The molecule has 0 saturated carbocycles. The van der Waals surface area contributed by atoms with Crippen molar-refractivity contribution in [2.45, 2.75) is 116 Å². The molecule has 2 aromatic heterocycles. The molecule has 0 fully saturated rings. The zero-order valence-corrected chi connectivity index (χ0v) is 38.7. The number of aromatic nitrogens is 4. The molecular formula is C44H61N11O11S. The van der Waals surface area contributed by atoms with Gasteiger partial charge in [-0.15, -0.1) is 0 Å². The third kappa shape index (κ3) is 18.9.